The van der Waals surface area contributed by atoms with Gasteiger partial charge in [-0.3, -0.25) is 0 Å². The largest absolute Gasteiger partial charge is 0.331 e. The van der Waals surface area contributed by atoms with Crippen LogP contribution in [0.3, 0.4) is 0 Å². The first-order valence-electron chi connectivity index (χ1n) is 7.32. The Bertz CT molecular complexity index is 757. The quantitative estimate of drug-likeness (QED) is 0.866. The summed E-state index contributed by atoms with van der Waals surface area (Å²) in [5.41, 5.74) is 3.00. The average Bonchev–Trinajstić information content (AvgIpc) is 2.78. The first kappa shape index (κ1) is 14.3. The number of nitrogens with one attached hydrogen (secondary N) is 1. The second kappa shape index (κ2) is 5.28. The van der Waals surface area contributed by atoms with E-state index in [1.807, 2.05) is 18.2 Å². The second-order valence-electron chi connectivity index (χ2n) is 6.47. The van der Waals surface area contributed by atoms with E-state index in [0.29, 0.717) is 5.56 Å². The standard InChI is InChI=1S/C16H20N4S/c1-16(5-7-19(2)8-6-16)11-20-14-9-12(10-17)3-4-13(14)18-15(20)21/h3-4,9H,5-8,11H2,1-2H3,(H,18,21). The van der Waals surface area contributed by atoms with Gasteiger partial charge in [0.25, 0.3) is 0 Å². The number of hydrogen-bond donors (Lipinski definition) is 1. The van der Waals surface area contributed by atoms with Crippen LogP contribution in [-0.2, 0) is 6.54 Å². The molecule has 0 radical (unpaired) electrons. The highest BCUT2D eigenvalue weighted by Gasteiger charge is 2.30. The molecule has 0 spiro atoms. The Kier molecular flexibility index (Phi) is 3.60. The van der Waals surface area contributed by atoms with Gasteiger partial charge < -0.3 is 14.5 Å². The zero-order valence-corrected chi connectivity index (χ0v) is 13.3. The van der Waals surface area contributed by atoms with Gasteiger partial charge in [0.15, 0.2) is 4.77 Å². The van der Waals surface area contributed by atoms with Crippen molar-refractivity contribution >= 4 is 23.3 Å². The Hall–Kier alpha value is -1.64. The van der Waals surface area contributed by atoms with Gasteiger partial charge in [-0.15, -0.1) is 0 Å². The van der Waals surface area contributed by atoms with E-state index in [-0.39, 0.29) is 5.41 Å². The molecule has 2 heterocycles. The fraction of sp³-hybridized carbons (Fsp3) is 0.500. The van der Waals surface area contributed by atoms with Crippen LogP contribution in [0.2, 0.25) is 0 Å². The minimum Gasteiger partial charge on any atom is -0.331 e. The maximum atomic E-state index is 9.10. The molecule has 0 atom stereocenters. The van der Waals surface area contributed by atoms with E-state index >= 15 is 0 Å². The Morgan fingerprint density at radius 1 is 1.38 bits per heavy atom. The summed E-state index contributed by atoms with van der Waals surface area (Å²) in [4.78, 5) is 5.63. The lowest BCUT2D eigenvalue weighted by atomic mass is 9.80. The van der Waals surface area contributed by atoms with Gasteiger partial charge in [-0.05, 0) is 68.8 Å². The molecule has 110 valence electrons. The Morgan fingerprint density at radius 2 is 2.10 bits per heavy atom. The van der Waals surface area contributed by atoms with Crippen molar-refractivity contribution in [2.75, 3.05) is 20.1 Å². The number of fused-ring (bicyclic) bond motifs is 1. The Labute approximate surface area is 130 Å². The van der Waals surface area contributed by atoms with Crippen LogP contribution in [0.15, 0.2) is 18.2 Å². The average molecular weight is 300 g/mol. The third kappa shape index (κ3) is 2.74. The molecule has 0 bridgehead atoms. The maximum absolute atomic E-state index is 9.10. The zero-order valence-electron chi connectivity index (χ0n) is 12.5. The number of benzene rings is 1. The minimum atomic E-state index is 0.266. The van der Waals surface area contributed by atoms with Crippen molar-refractivity contribution in [3.63, 3.8) is 0 Å². The van der Waals surface area contributed by atoms with Crippen molar-refractivity contribution in [3.05, 3.63) is 28.5 Å². The first-order chi connectivity index (χ1) is 10.0. The number of H-pyrrole nitrogens is 1. The topological polar surface area (TPSA) is 47.8 Å². The highest BCUT2D eigenvalue weighted by molar-refractivity contribution is 7.71. The number of likely N-dealkylation sites (tertiary alicyclic amines) is 1. The van der Waals surface area contributed by atoms with Crippen LogP contribution in [0, 0.1) is 21.5 Å². The highest BCUT2D eigenvalue weighted by Crippen LogP contribution is 2.33. The number of piperidine rings is 1. The molecule has 3 rings (SSSR count). The summed E-state index contributed by atoms with van der Waals surface area (Å²) in [5.74, 6) is 0. The molecule has 21 heavy (non-hydrogen) atoms. The van der Waals surface area contributed by atoms with Crippen molar-refractivity contribution in [2.45, 2.75) is 26.3 Å². The fourth-order valence-electron chi connectivity index (χ4n) is 3.08. The maximum Gasteiger partial charge on any atom is 0.178 e. The minimum absolute atomic E-state index is 0.266. The van der Waals surface area contributed by atoms with Crippen LogP contribution in [0.25, 0.3) is 11.0 Å². The number of imidazole rings is 1. The number of nitriles is 1. The molecule has 0 amide bonds. The number of aromatic nitrogens is 2. The van der Waals surface area contributed by atoms with E-state index in [1.165, 1.54) is 12.8 Å². The van der Waals surface area contributed by atoms with Crippen molar-refractivity contribution in [1.29, 1.82) is 5.26 Å². The molecule has 1 aliphatic rings. The van der Waals surface area contributed by atoms with Crippen LogP contribution in [0.5, 0.6) is 0 Å². The van der Waals surface area contributed by atoms with E-state index in [0.717, 1.165) is 35.4 Å². The van der Waals surface area contributed by atoms with Gasteiger partial charge >= 0.3 is 0 Å². The molecule has 1 aromatic carbocycles. The zero-order chi connectivity index (χ0) is 15.0. The van der Waals surface area contributed by atoms with Gasteiger partial charge in [0.05, 0.1) is 22.7 Å². The molecule has 1 saturated heterocycles. The molecule has 4 nitrogen and oxygen atoms in total. The van der Waals surface area contributed by atoms with Gasteiger partial charge in [-0.2, -0.15) is 5.26 Å². The molecular formula is C16H20N4S. The van der Waals surface area contributed by atoms with Gasteiger partial charge in [0.2, 0.25) is 0 Å². The molecule has 1 aromatic heterocycles. The summed E-state index contributed by atoms with van der Waals surface area (Å²) >= 11 is 5.49. The van der Waals surface area contributed by atoms with Crippen LogP contribution in [0.1, 0.15) is 25.3 Å². The molecule has 2 aromatic rings. The monoisotopic (exact) mass is 300 g/mol. The predicted octanol–water partition coefficient (Wildman–Crippen LogP) is 3.30. The smallest absolute Gasteiger partial charge is 0.178 e. The number of nitrogens with zero attached hydrogens (tertiary/aromatic N) is 3. The van der Waals surface area contributed by atoms with Gasteiger partial charge in [-0.1, -0.05) is 6.92 Å². The van der Waals surface area contributed by atoms with Gasteiger partial charge in [-0.25, -0.2) is 0 Å². The molecule has 0 saturated carbocycles. The van der Waals surface area contributed by atoms with Gasteiger partial charge in [0, 0.05) is 6.54 Å². The predicted molar refractivity (Wildman–Crippen MR) is 86.7 cm³/mol. The van der Waals surface area contributed by atoms with Crippen molar-refractivity contribution in [3.8, 4) is 6.07 Å². The third-order valence-corrected chi connectivity index (χ3v) is 4.96. The molecular weight excluding hydrogens is 280 g/mol. The number of aromatic amines is 1. The summed E-state index contributed by atoms with van der Waals surface area (Å²) in [7, 11) is 2.18. The SMILES string of the molecule is CN1CCC(C)(Cn2c(=S)[nH]c3ccc(C#N)cc32)CC1. The number of rotatable bonds is 2. The lowest BCUT2D eigenvalue weighted by Crippen LogP contribution is -2.38. The number of hydrogen-bond acceptors (Lipinski definition) is 3. The van der Waals surface area contributed by atoms with E-state index in [4.69, 9.17) is 17.5 Å². The lowest BCUT2D eigenvalue weighted by Gasteiger charge is -2.38. The Balaban J connectivity index is 1.98. The molecule has 0 aliphatic carbocycles. The van der Waals surface area contributed by atoms with E-state index in [1.54, 1.807) is 0 Å². The second-order valence-corrected chi connectivity index (χ2v) is 6.86. The molecule has 0 unspecified atom stereocenters. The van der Waals surface area contributed by atoms with Crippen LogP contribution in [-0.4, -0.2) is 34.6 Å². The highest BCUT2D eigenvalue weighted by atomic mass is 32.1. The van der Waals surface area contributed by atoms with E-state index < -0.39 is 0 Å². The summed E-state index contributed by atoms with van der Waals surface area (Å²) in [6.07, 6.45) is 2.35. The summed E-state index contributed by atoms with van der Waals surface area (Å²) in [6, 6.07) is 7.91. The molecule has 1 N–H and O–H groups in total. The first-order valence-corrected chi connectivity index (χ1v) is 7.73. The molecule has 1 fully saturated rings. The molecule has 5 heteroatoms. The van der Waals surface area contributed by atoms with Crippen molar-refractivity contribution in [1.82, 2.24) is 14.5 Å². The van der Waals surface area contributed by atoms with Gasteiger partial charge in [0.1, 0.15) is 0 Å². The lowest BCUT2D eigenvalue weighted by molar-refractivity contribution is 0.121. The van der Waals surface area contributed by atoms with E-state index in [9.17, 15) is 0 Å². The van der Waals surface area contributed by atoms with E-state index in [2.05, 4.69) is 34.5 Å². The molecule has 1 aliphatic heterocycles. The normalized spacial score (nSPS) is 18.7. The summed E-state index contributed by atoms with van der Waals surface area (Å²) in [6.45, 7) is 5.52. The van der Waals surface area contributed by atoms with Crippen LogP contribution >= 0.6 is 12.2 Å². The summed E-state index contributed by atoms with van der Waals surface area (Å²) in [5, 5.41) is 9.10. The van der Waals surface area contributed by atoms with Crippen molar-refractivity contribution in [2.24, 2.45) is 5.41 Å². The van der Waals surface area contributed by atoms with Crippen LogP contribution in [0.4, 0.5) is 0 Å². The van der Waals surface area contributed by atoms with Crippen molar-refractivity contribution < 1.29 is 0 Å². The fourth-order valence-corrected chi connectivity index (χ4v) is 3.35. The third-order valence-electron chi connectivity index (χ3n) is 4.64. The van der Waals surface area contributed by atoms with Crippen LogP contribution < -0.4 is 0 Å². The summed E-state index contributed by atoms with van der Waals surface area (Å²) < 4.78 is 2.91. The Morgan fingerprint density at radius 3 is 2.76 bits per heavy atom.